The topological polar surface area (TPSA) is 61.4 Å². The van der Waals surface area contributed by atoms with Gasteiger partial charge in [-0.3, -0.25) is 4.79 Å². The minimum absolute atomic E-state index is 0.142. The Bertz CT molecular complexity index is 770. The molecule has 2 aromatic rings. The number of carbonyl (C=O) groups excluding carboxylic acids is 2. The molecule has 0 unspecified atom stereocenters. The van der Waals surface area contributed by atoms with E-state index >= 15 is 0 Å². The number of anilines is 1. The first-order valence-electron chi connectivity index (χ1n) is 8.31. The summed E-state index contributed by atoms with van der Waals surface area (Å²) in [4.78, 5) is 26.6. The quantitative estimate of drug-likeness (QED) is 0.861. The first kappa shape index (κ1) is 18.3. The number of urea groups is 1. The lowest BCUT2D eigenvalue weighted by molar-refractivity contribution is -0.124. The van der Waals surface area contributed by atoms with Crippen molar-refractivity contribution in [1.82, 2.24) is 10.2 Å². The summed E-state index contributed by atoms with van der Waals surface area (Å²) in [5.41, 5.74) is 1.50. The van der Waals surface area contributed by atoms with E-state index in [1.165, 1.54) is 40.9 Å². The van der Waals surface area contributed by atoms with Gasteiger partial charge >= 0.3 is 6.03 Å². The molecule has 0 bridgehead atoms. The van der Waals surface area contributed by atoms with Gasteiger partial charge in [0.1, 0.15) is 11.9 Å². The molecule has 7 heteroatoms. The summed E-state index contributed by atoms with van der Waals surface area (Å²) in [6, 6.07) is 14.2. The number of carbonyl (C=O) groups is 2. The van der Waals surface area contributed by atoms with Crippen LogP contribution in [0.2, 0.25) is 0 Å². The second kappa shape index (κ2) is 8.23. The number of hydrogen-bond acceptors (Lipinski definition) is 3. The maximum atomic E-state index is 13.0. The van der Waals surface area contributed by atoms with Crippen LogP contribution in [0.15, 0.2) is 54.6 Å². The van der Waals surface area contributed by atoms with Gasteiger partial charge in [0.25, 0.3) is 0 Å². The highest BCUT2D eigenvalue weighted by Gasteiger charge is 2.35. The van der Waals surface area contributed by atoms with Crippen molar-refractivity contribution < 1.29 is 14.0 Å². The van der Waals surface area contributed by atoms with Crippen molar-refractivity contribution in [2.45, 2.75) is 19.0 Å². The number of rotatable bonds is 4. The summed E-state index contributed by atoms with van der Waals surface area (Å²) < 4.78 is 13.0. The average molecular weight is 373 g/mol. The van der Waals surface area contributed by atoms with Crippen molar-refractivity contribution in [1.29, 1.82) is 0 Å². The summed E-state index contributed by atoms with van der Waals surface area (Å²) in [7, 11) is 0. The predicted octanol–water partition coefficient (Wildman–Crippen LogP) is 3.61. The normalized spacial score (nSPS) is 17.6. The van der Waals surface area contributed by atoms with Gasteiger partial charge in [-0.2, -0.15) is 0 Å². The Morgan fingerprint density at radius 2 is 1.85 bits per heavy atom. The van der Waals surface area contributed by atoms with Crippen LogP contribution in [0, 0.1) is 5.82 Å². The van der Waals surface area contributed by atoms with Gasteiger partial charge in [-0.15, -0.1) is 11.8 Å². The Labute approximate surface area is 156 Å². The van der Waals surface area contributed by atoms with Crippen molar-refractivity contribution in [2.75, 3.05) is 16.9 Å². The largest absolute Gasteiger partial charge is 0.348 e. The Kier molecular flexibility index (Phi) is 5.78. The lowest BCUT2D eigenvalue weighted by Gasteiger charge is -2.25. The minimum Gasteiger partial charge on any atom is -0.348 e. The van der Waals surface area contributed by atoms with Crippen LogP contribution in [0.1, 0.15) is 18.5 Å². The van der Waals surface area contributed by atoms with Gasteiger partial charge in [-0.05, 0) is 36.8 Å². The predicted molar refractivity (Wildman–Crippen MR) is 101 cm³/mol. The zero-order valence-corrected chi connectivity index (χ0v) is 15.1. The Hall–Kier alpha value is -2.54. The second-order valence-electron chi connectivity index (χ2n) is 6.06. The maximum absolute atomic E-state index is 13.0. The molecule has 0 spiro atoms. The molecule has 26 heavy (non-hydrogen) atoms. The van der Waals surface area contributed by atoms with Crippen LogP contribution in [-0.4, -0.2) is 34.5 Å². The van der Waals surface area contributed by atoms with Crippen LogP contribution < -0.4 is 10.6 Å². The fourth-order valence-corrected chi connectivity index (χ4v) is 3.88. The highest BCUT2D eigenvalue weighted by Crippen LogP contribution is 2.23. The molecule has 3 amide bonds. The molecule has 0 aliphatic carbocycles. The minimum atomic E-state index is -0.536. The second-order valence-corrected chi connectivity index (χ2v) is 7.06. The summed E-state index contributed by atoms with van der Waals surface area (Å²) in [6.07, 6.45) is 0. The maximum Gasteiger partial charge on any atom is 0.323 e. The van der Waals surface area contributed by atoms with Gasteiger partial charge in [-0.1, -0.05) is 30.3 Å². The molecule has 2 atom stereocenters. The van der Waals surface area contributed by atoms with Crippen LogP contribution in [0.25, 0.3) is 0 Å². The van der Waals surface area contributed by atoms with E-state index in [1.54, 1.807) is 0 Å². The standard InChI is InChI=1S/C19H20FN3O2S/c1-13(14-5-3-2-4-6-14)21-18(24)17-11-26-12-23(17)19(25)22-16-9-7-15(20)8-10-16/h2-10,13,17H,11-12H2,1H3,(H,21,24)(H,22,25)/t13-,17+/m0/s1. The van der Waals surface area contributed by atoms with Gasteiger partial charge in [0, 0.05) is 11.4 Å². The highest BCUT2D eigenvalue weighted by molar-refractivity contribution is 7.99. The number of nitrogens with zero attached hydrogens (tertiary/aromatic N) is 1. The van der Waals surface area contributed by atoms with Crippen LogP contribution >= 0.6 is 11.8 Å². The molecule has 0 aromatic heterocycles. The van der Waals surface area contributed by atoms with Crippen LogP contribution in [-0.2, 0) is 4.79 Å². The Morgan fingerprint density at radius 3 is 2.54 bits per heavy atom. The van der Waals surface area contributed by atoms with E-state index in [0.717, 1.165) is 5.56 Å². The molecular formula is C19H20FN3O2S. The third-order valence-electron chi connectivity index (χ3n) is 4.20. The van der Waals surface area contributed by atoms with Crippen LogP contribution in [0.4, 0.5) is 14.9 Å². The molecule has 0 radical (unpaired) electrons. The van der Waals surface area contributed by atoms with Gasteiger partial charge in [-0.25, -0.2) is 9.18 Å². The first-order chi connectivity index (χ1) is 12.5. The summed E-state index contributed by atoms with van der Waals surface area (Å²) in [5, 5.41) is 5.68. The van der Waals surface area contributed by atoms with Crippen molar-refractivity contribution in [3.05, 3.63) is 66.0 Å². The van der Waals surface area contributed by atoms with E-state index in [0.29, 0.717) is 17.3 Å². The van der Waals surface area contributed by atoms with Crippen molar-refractivity contribution >= 4 is 29.4 Å². The van der Waals surface area contributed by atoms with E-state index in [9.17, 15) is 14.0 Å². The molecule has 1 saturated heterocycles. The van der Waals surface area contributed by atoms with E-state index in [4.69, 9.17) is 0 Å². The molecule has 1 fully saturated rings. The molecule has 1 aliphatic heterocycles. The van der Waals surface area contributed by atoms with E-state index < -0.39 is 6.04 Å². The number of amides is 3. The van der Waals surface area contributed by atoms with E-state index in [-0.39, 0.29) is 23.8 Å². The lowest BCUT2D eigenvalue weighted by Crippen LogP contribution is -2.49. The van der Waals surface area contributed by atoms with Crippen molar-refractivity contribution in [3.63, 3.8) is 0 Å². The highest BCUT2D eigenvalue weighted by atomic mass is 32.2. The number of halogens is 1. The number of benzene rings is 2. The lowest BCUT2D eigenvalue weighted by atomic mass is 10.1. The Morgan fingerprint density at radius 1 is 1.15 bits per heavy atom. The van der Waals surface area contributed by atoms with Gasteiger partial charge < -0.3 is 15.5 Å². The summed E-state index contributed by atoms with van der Waals surface area (Å²) >= 11 is 1.53. The fraction of sp³-hybridized carbons (Fsp3) is 0.263. The van der Waals surface area contributed by atoms with Gasteiger partial charge in [0.2, 0.25) is 5.91 Å². The molecule has 0 saturated carbocycles. The first-order valence-corrected chi connectivity index (χ1v) is 9.46. The SMILES string of the molecule is C[C@H](NC(=O)[C@H]1CSCN1C(=O)Nc1ccc(F)cc1)c1ccccc1. The zero-order valence-electron chi connectivity index (χ0n) is 14.3. The van der Waals surface area contributed by atoms with E-state index in [2.05, 4.69) is 10.6 Å². The Balaban J connectivity index is 1.62. The molecule has 136 valence electrons. The molecule has 1 aliphatic rings. The summed E-state index contributed by atoms with van der Waals surface area (Å²) in [5.74, 6) is 0.433. The average Bonchev–Trinajstić information content (AvgIpc) is 3.14. The monoisotopic (exact) mass is 373 g/mol. The molecule has 3 rings (SSSR count). The van der Waals surface area contributed by atoms with Crippen molar-refractivity contribution in [3.8, 4) is 0 Å². The molecule has 2 aromatic carbocycles. The molecule has 1 heterocycles. The smallest absolute Gasteiger partial charge is 0.323 e. The van der Waals surface area contributed by atoms with Gasteiger partial charge in [0.05, 0.1) is 11.9 Å². The molecule has 2 N–H and O–H groups in total. The van der Waals surface area contributed by atoms with Crippen molar-refractivity contribution in [2.24, 2.45) is 0 Å². The van der Waals surface area contributed by atoms with E-state index in [1.807, 2.05) is 37.3 Å². The third kappa shape index (κ3) is 4.35. The third-order valence-corrected chi connectivity index (χ3v) is 5.21. The zero-order chi connectivity index (χ0) is 18.5. The van der Waals surface area contributed by atoms with Crippen LogP contribution in [0.3, 0.4) is 0 Å². The number of hydrogen-bond donors (Lipinski definition) is 2. The molecular weight excluding hydrogens is 353 g/mol. The van der Waals surface area contributed by atoms with Crippen LogP contribution in [0.5, 0.6) is 0 Å². The number of thioether (sulfide) groups is 1. The molecule has 5 nitrogen and oxygen atoms in total. The summed E-state index contributed by atoms with van der Waals surface area (Å²) in [6.45, 7) is 1.91. The fourth-order valence-electron chi connectivity index (χ4n) is 2.72. The van der Waals surface area contributed by atoms with Gasteiger partial charge in [0.15, 0.2) is 0 Å². The number of nitrogens with one attached hydrogen (secondary N) is 2.